The lowest BCUT2D eigenvalue weighted by Crippen LogP contribution is -2.49. The third kappa shape index (κ3) is 3.50. The van der Waals surface area contributed by atoms with Gasteiger partial charge in [-0.25, -0.2) is 0 Å². The Bertz CT molecular complexity index is 526. The molecule has 3 N–H and O–H groups in total. The van der Waals surface area contributed by atoms with E-state index in [9.17, 15) is 9.59 Å². The van der Waals surface area contributed by atoms with Crippen LogP contribution in [0, 0.1) is 5.92 Å². The third-order valence-corrected chi connectivity index (χ3v) is 3.45. The minimum Gasteiger partial charge on any atom is -0.481 e. The van der Waals surface area contributed by atoms with Crippen LogP contribution in [0.25, 0.3) is 0 Å². The number of carboxylic acids is 1. The molecular weight excluding hydrogens is 256 g/mol. The monoisotopic (exact) mass is 276 g/mol. The number of para-hydroxylation sites is 1. The smallest absolute Gasteiger partial charge is 0.305 e. The zero-order valence-corrected chi connectivity index (χ0v) is 11.8. The van der Waals surface area contributed by atoms with E-state index >= 15 is 0 Å². The van der Waals surface area contributed by atoms with Gasteiger partial charge in [-0.05, 0) is 31.9 Å². The van der Waals surface area contributed by atoms with Crippen LogP contribution in [0.2, 0.25) is 0 Å². The molecule has 1 aliphatic heterocycles. The summed E-state index contributed by atoms with van der Waals surface area (Å²) >= 11 is 0. The van der Waals surface area contributed by atoms with Crippen molar-refractivity contribution < 1.29 is 14.7 Å². The minimum absolute atomic E-state index is 0.0878. The Balaban J connectivity index is 2.00. The predicted octanol–water partition coefficient (Wildman–Crippen LogP) is 1.64. The van der Waals surface area contributed by atoms with Crippen LogP contribution >= 0.6 is 0 Å². The van der Waals surface area contributed by atoms with Gasteiger partial charge >= 0.3 is 5.97 Å². The fourth-order valence-electron chi connectivity index (χ4n) is 2.48. The van der Waals surface area contributed by atoms with Gasteiger partial charge in [0.25, 0.3) is 0 Å². The summed E-state index contributed by atoms with van der Waals surface area (Å²) in [6.07, 6.45) is 0.591. The van der Waals surface area contributed by atoms with Gasteiger partial charge in [0.2, 0.25) is 5.91 Å². The van der Waals surface area contributed by atoms with Crippen molar-refractivity contribution in [3.8, 4) is 0 Å². The van der Waals surface area contributed by atoms with E-state index in [1.165, 1.54) is 0 Å². The molecule has 0 spiro atoms. The van der Waals surface area contributed by atoms with Crippen LogP contribution < -0.4 is 10.6 Å². The molecule has 1 atom stereocenters. The molecule has 5 heteroatoms. The zero-order valence-electron chi connectivity index (χ0n) is 11.8. The summed E-state index contributed by atoms with van der Waals surface area (Å²) in [5, 5.41) is 14.9. The lowest BCUT2D eigenvalue weighted by Gasteiger charge is -2.30. The average molecular weight is 276 g/mol. The van der Waals surface area contributed by atoms with Crippen LogP contribution in [0.5, 0.6) is 0 Å². The summed E-state index contributed by atoms with van der Waals surface area (Å²) in [7, 11) is 0. The highest BCUT2D eigenvalue weighted by molar-refractivity contribution is 5.82. The first-order valence-corrected chi connectivity index (χ1v) is 6.73. The molecule has 0 bridgehead atoms. The molecule has 1 aromatic rings. The maximum atomic E-state index is 12.3. The minimum atomic E-state index is -0.914. The van der Waals surface area contributed by atoms with E-state index in [0.29, 0.717) is 13.0 Å². The number of hydrogen-bond donors (Lipinski definition) is 3. The Morgan fingerprint density at radius 3 is 2.80 bits per heavy atom. The largest absolute Gasteiger partial charge is 0.481 e. The molecule has 1 heterocycles. The maximum absolute atomic E-state index is 12.3. The number of fused-ring (bicyclic) bond motifs is 1. The zero-order chi connectivity index (χ0) is 14.8. The van der Waals surface area contributed by atoms with Crippen LogP contribution in [0.15, 0.2) is 24.3 Å². The fourth-order valence-corrected chi connectivity index (χ4v) is 2.48. The van der Waals surface area contributed by atoms with Crippen molar-refractivity contribution in [1.29, 1.82) is 0 Å². The predicted molar refractivity (Wildman–Crippen MR) is 76.6 cm³/mol. The first-order chi connectivity index (χ1) is 9.37. The molecule has 0 saturated carbocycles. The molecule has 1 aromatic carbocycles. The van der Waals surface area contributed by atoms with E-state index < -0.39 is 11.5 Å². The van der Waals surface area contributed by atoms with Gasteiger partial charge < -0.3 is 15.7 Å². The highest BCUT2D eigenvalue weighted by Gasteiger charge is 2.30. The van der Waals surface area contributed by atoms with Crippen molar-refractivity contribution in [1.82, 2.24) is 5.32 Å². The number of carboxylic acid groups (broad SMARTS) is 1. The second-order valence-electron chi connectivity index (χ2n) is 5.88. The van der Waals surface area contributed by atoms with Crippen molar-refractivity contribution in [2.24, 2.45) is 5.92 Å². The molecule has 108 valence electrons. The van der Waals surface area contributed by atoms with E-state index in [4.69, 9.17) is 5.11 Å². The number of hydrogen-bond acceptors (Lipinski definition) is 3. The van der Waals surface area contributed by atoms with Crippen LogP contribution in [-0.4, -0.2) is 29.1 Å². The Kier molecular flexibility index (Phi) is 3.97. The van der Waals surface area contributed by atoms with Crippen LogP contribution in [-0.2, 0) is 16.0 Å². The molecule has 5 nitrogen and oxygen atoms in total. The van der Waals surface area contributed by atoms with E-state index in [1.54, 1.807) is 13.8 Å². The lowest BCUT2D eigenvalue weighted by molar-refractivity contribution is -0.138. The van der Waals surface area contributed by atoms with Crippen molar-refractivity contribution in [2.75, 3.05) is 11.9 Å². The summed E-state index contributed by atoms with van der Waals surface area (Å²) in [6, 6.07) is 7.92. The SMILES string of the molecule is CC(C)(CC(=O)O)NC(=O)C1CNc2ccccc2C1. The second kappa shape index (κ2) is 5.53. The summed E-state index contributed by atoms with van der Waals surface area (Å²) in [6.45, 7) is 4.03. The number of carbonyl (C=O) groups is 2. The van der Waals surface area contributed by atoms with Gasteiger partial charge in [-0.2, -0.15) is 0 Å². The number of rotatable bonds is 4. The van der Waals surface area contributed by atoms with Crippen molar-refractivity contribution in [2.45, 2.75) is 32.2 Å². The Hall–Kier alpha value is -2.04. The average Bonchev–Trinajstić information content (AvgIpc) is 2.36. The van der Waals surface area contributed by atoms with Gasteiger partial charge in [0.15, 0.2) is 0 Å². The molecule has 2 rings (SSSR count). The Morgan fingerprint density at radius 2 is 2.10 bits per heavy atom. The fraction of sp³-hybridized carbons (Fsp3) is 0.467. The van der Waals surface area contributed by atoms with Crippen molar-refractivity contribution >= 4 is 17.6 Å². The summed E-state index contributed by atoms with van der Waals surface area (Å²) < 4.78 is 0. The van der Waals surface area contributed by atoms with E-state index in [2.05, 4.69) is 10.6 Å². The first kappa shape index (κ1) is 14.4. The number of carbonyl (C=O) groups excluding carboxylic acids is 1. The van der Waals surface area contributed by atoms with Crippen molar-refractivity contribution in [3.63, 3.8) is 0 Å². The summed E-state index contributed by atoms with van der Waals surface area (Å²) in [5.41, 5.74) is 1.45. The molecule has 0 aromatic heterocycles. The van der Waals surface area contributed by atoms with Crippen LogP contribution in [0.4, 0.5) is 5.69 Å². The standard InChI is InChI=1S/C15H20N2O3/c1-15(2,8-13(18)19)17-14(20)11-7-10-5-3-4-6-12(10)16-9-11/h3-6,11,16H,7-9H2,1-2H3,(H,17,20)(H,18,19). The second-order valence-corrected chi connectivity index (χ2v) is 5.88. The number of benzene rings is 1. The van der Waals surface area contributed by atoms with Gasteiger partial charge in [-0.1, -0.05) is 18.2 Å². The molecular formula is C15H20N2O3. The van der Waals surface area contributed by atoms with E-state index in [0.717, 1.165) is 11.3 Å². The molecule has 1 unspecified atom stereocenters. The van der Waals surface area contributed by atoms with Gasteiger partial charge in [0.05, 0.1) is 12.3 Å². The summed E-state index contributed by atoms with van der Waals surface area (Å²) in [4.78, 5) is 23.0. The molecule has 20 heavy (non-hydrogen) atoms. The molecule has 0 aliphatic carbocycles. The van der Waals surface area contributed by atoms with Gasteiger partial charge in [0, 0.05) is 17.8 Å². The molecule has 0 saturated heterocycles. The molecule has 1 amide bonds. The number of aliphatic carboxylic acids is 1. The van der Waals surface area contributed by atoms with Crippen LogP contribution in [0.1, 0.15) is 25.8 Å². The first-order valence-electron chi connectivity index (χ1n) is 6.73. The topological polar surface area (TPSA) is 78.4 Å². The van der Waals surface area contributed by atoms with Gasteiger partial charge in [-0.3, -0.25) is 9.59 Å². The molecule has 1 aliphatic rings. The van der Waals surface area contributed by atoms with Crippen LogP contribution in [0.3, 0.4) is 0 Å². The number of anilines is 1. The highest BCUT2D eigenvalue weighted by atomic mass is 16.4. The Morgan fingerprint density at radius 1 is 1.40 bits per heavy atom. The van der Waals surface area contributed by atoms with E-state index in [1.807, 2.05) is 24.3 Å². The third-order valence-electron chi connectivity index (χ3n) is 3.45. The lowest BCUT2D eigenvalue weighted by atomic mass is 9.91. The number of amides is 1. The molecule has 0 fully saturated rings. The normalized spacial score (nSPS) is 17.8. The Labute approximate surface area is 118 Å². The van der Waals surface area contributed by atoms with E-state index in [-0.39, 0.29) is 18.2 Å². The van der Waals surface area contributed by atoms with Gasteiger partial charge in [-0.15, -0.1) is 0 Å². The quantitative estimate of drug-likeness (QED) is 0.781. The number of nitrogens with one attached hydrogen (secondary N) is 2. The van der Waals surface area contributed by atoms with Crippen molar-refractivity contribution in [3.05, 3.63) is 29.8 Å². The maximum Gasteiger partial charge on any atom is 0.305 e. The van der Waals surface area contributed by atoms with Gasteiger partial charge in [0.1, 0.15) is 0 Å². The highest BCUT2D eigenvalue weighted by Crippen LogP contribution is 2.24. The summed E-state index contributed by atoms with van der Waals surface area (Å²) in [5.74, 6) is -1.18. The molecule has 0 radical (unpaired) electrons.